The van der Waals surface area contributed by atoms with E-state index >= 15 is 0 Å². The molecule has 0 aliphatic carbocycles. The Morgan fingerprint density at radius 1 is 1.12 bits per heavy atom. The molecule has 0 atom stereocenters. The Bertz CT molecular complexity index is 538. The quantitative estimate of drug-likeness (QED) is 0.751. The maximum Gasteiger partial charge on any atom is 0.0991 e. The van der Waals surface area contributed by atoms with Gasteiger partial charge in [0.15, 0.2) is 0 Å². The van der Waals surface area contributed by atoms with E-state index in [4.69, 9.17) is 5.26 Å². The van der Waals surface area contributed by atoms with Gasteiger partial charge in [0.05, 0.1) is 11.6 Å². The highest BCUT2D eigenvalue weighted by molar-refractivity contribution is 7.98. The minimum absolute atomic E-state index is 0.717. The van der Waals surface area contributed by atoms with Crippen molar-refractivity contribution in [2.45, 2.75) is 17.6 Å². The van der Waals surface area contributed by atoms with Crippen LogP contribution in [-0.4, -0.2) is 0 Å². The van der Waals surface area contributed by atoms with Crippen LogP contribution >= 0.6 is 11.8 Å². The van der Waals surface area contributed by atoms with Gasteiger partial charge in [-0.25, -0.2) is 0 Å². The summed E-state index contributed by atoms with van der Waals surface area (Å²) in [6, 6.07) is 18.4. The van der Waals surface area contributed by atoms with E-state index in [1.807, 2.05) is 36.0 Å². The van der Waals surface area contributed by atoms with Crippen molar-refractivity contribution in [2.24, 2.45) is 0 Å². The first kappa shape index (κ1) is 11.8. The molecule has 0 saturated heterocycles. The van der Waals surface area contributed by atoms with Gasteiger partial charge in [0.1, 0.15) is 0 Å². The zero-order valence-corrected chi connectivity index (χ0v) is 10.5. The average molecular weight is 239 g/mol. The van der Waals surface area contributed by atoms with Crippen LogP contribution in [0, 0.1) is 18.3 Å². The summed E-state index contributed by atoms with van der Waals surface area (Å²) in [5.74, 6) is 0.940. The van der Waals surface area contributed by atoms with Crippen LogP contribution in [0.5, 0.6) is 0 Å². The first-order valence-corrected chi connectivity index (χ1v) is 6.45. The van der Waals surface area contributed by atoms with Gasteiger partial charge in [0.2, 0.25) is 0 Å². The molecule has 0 bridgehead atoms. The lowest BCUT2D eigenvalue weighted by Gasteiger charge is -2.03. The lowest BCUT2D eigenvalue weighted by atomic mass is 10.2. The van der Waals surface area contributed by atoms with E-state index < -0.39 is 0 Å². The van der Waals surface area contributed by atoms with Crippen molar-refractivity contribution < 1.29 is 0 Å². The fraction of sp³-hybridized carbons (Fsp3) is 0.133. The summed E-state index contributed by atoms with van der Waals surface area (Å²) in [6.07, 6.45) is 0. The molecule has 0 aliphatic heterocycles. The second-order valence-electron chi connectivity index (χ2n) is 3.91. The van der Waals surface area contributed by atoms with Crippen molar-refractivity contribution in [3.05, 3.63) is 65.2 Å². The third-order valence-corrected chi connectivity index (χ3v) is 3.54. The van der Waals surface area contributed by atoms with E-state index in [9.17, 15) is 0 Å². The fourth-order valence-electron chi connectivity index (χ4n) is 1.55. The highest BCUT2D eigenvalue weighted by Gasteiger charge is 1.97. The first-order valence-electron chi connectivity index (χ1n) is 5.46. The van der Waals surface area contributed by atoms with E-state index in [0.29, 0.717) is 5.56 Å². The molecule has 2 aromatic rings. The lowest BCUT2D eigenvalue weighted by Crippen LogP contribution is -1.82. The number of thioether (sulfide) groups is 1. The number of hydrogen-bond donors (Lipinski definition) is 0. The second kappa shape index (κ2) is 5.56. The average Bonchev–Trinajstić information content (AvgIpc) is 2.37. The molecule has 84 valence electrons. The normalized spacial score (nSPS) is 9.88. The molecule has 0 aliphatic rings. The molecule has 0 spiro atoms. The number of nitriles is 1. The smallest absolute Gasteiger partial charge is 0.0991 e. The minimum atomic E-state index is 0.717. The third kappa shape index (κ3) is 3.37. The Balaban J connectivity index is 2.00. The molecule has 2 rings (SSSR count). The van der Waals surface area contributed by atoms with Crippen LogP contribution in [0.1, 0.15) is 16.7 Å². The SMILES string of the molecule is Cc1cccc(SCc2ccc(C#N)cc2)c1. The zero-order valence-electron chi connectivity index (χ0n) is 9.68. The predicted octanol–water partition coefficient (Wildman–Crippen LogP) is 4.16. The van der Waals surface area contributed by atoms with Gasteiger partial charge >= 0.3 is 0 Å². The predicted molar refractivity (Wildman–Crippen MR) is 71.9 cm³/mol. The van der Waals surface area contributed by atoms with Crippen molar-refractivity contribution in [1.29, 1.82) is 5.26 Å². The van der Waals surface area contributed by atoms with E-state index in [2.05, 4.69) is 37.3 Å². The van der Waals surface area contributed by atoms with Crippen LogP contribution < -0.4 is 0 Å². The number of rotatable bonds is 3. The summed E-state index contributed by atoms with van der Waals surface area (Å²) in [4.78, 5) is 1.29. The van der Waals surface area contributed by atoms with Crippen LogP contribution in [0.2, 0.25) is 0 Å². The summed E-state index contributed by atoms with van der Waals surface area (Å²) >= 11 is 1.82. The number of nitrogens with zero attached hydrogens (tertiary/aromatic N) is 1. The van der Waals surface area contributed by atoms with Crippen LogP contribution in [0.4, 0.5) is 0 Å². The molecule has 0 N–H and O–H groups in total. The van der Waals surface area contributed by atoms with Crippen LogP contribution in [0.3, 0.4) is 0 Å². The van der Waals surface area contributed by atoms with Crippen molar-refractivity contribution in [1.82, 2.24) is 0 Å². The Morgan fingerprint density at radius 2 is 1.88 bits per heavy atom. The number of hydrogen-bond acceptors (Lipinski definition) is 2. The Hall–Kier alpha value is -1.72. The van der Waals surface area contributed by atoms with Crippen molar-refractivity contribution >= 4 is 11.8 Å². The summed E-state index contributed by atoms with van der Waals surface area (Å²) in [7, 11) is 0. The summed E-state index contributed by atoms with van der Waals surface area (Å²) < 4.78 is 0. The summed E-state index contributed by atoms with van der Waals surface area (Å²) in [5, 5.41) is 8.71. The van der Waals surface area contributed by atoms with Gasteiger partial charge in [-0.3, -0.25) is 0 Å². The molecule has 17 heavy (non-hydrogen) atoms. The Kier molecular flexibility index (Phi) is 3.85. The maximum absolute atomic E-state index is 8.71. The number of aryl methyl sites for hydroxylation is 1. The largest absolute Gasteiger partial charge is 0.192 e. The molecule has 0 amide bonds. The first-order chi connectivity index (χ1) is 8.28. The lowest BCUT2D eigenvalue weighted by molar-refractivity contribution is 1.33. The third-order valence-electron chi connectivity index (χ3n) is 2.48. The molecule has 0 radical (unpaired) electrons. The van der Waals surface area contributed by atoms with Crippen LogP contribution in [0.15, 0.2) is 53.4 Å². The molecule has 2 aromatic carbocycles. The molecule has 0 unspecified atom stereocenters. The van der Waals surface area contributed by atoms with E-state index in [0.717, 1.165) is 5.75 Å². The highest BCUT2D eigenvalue weighted by Crippen LogP contribution is 2.23. The van der Waals surface area contributed by atoms with Gasteiger partial charge in [-0.05, 0) is 36.8 Å². The molecular formula is C15H13NS. The standard InChI is InChI=1S/C15H13NS/c1-12-3-2-4-15(9-12)17-11-14-7-5-13(10-16)6-8-14/h2-9H,11H2,1H3. The maximum atomic E-state index is 8.71. The van der Waals surface area contributed by atoms with Crippen molar-refractivity contribution in [3.8, 4) is 6.07 Å². The highest BCUT2D eigenvalue weighted by atomic mass is 32.2. The van der Waals surface area contributed by atoms with Gasteiger partial charge in [0.25, 0.3) is 0 Å². The molecule has 0 fully saturated rings. The molecule has 0 saturated carbocycles. The zero-order chi connectivity index (χ0) is 12.1. The molecule has 0 heterocycles. The van der Waals surface area contributed by atoms with Gasteiger partial charge in [0, 0.05) is 10.6 Å². The van der Waals surface area contributed by atoms with Crippen molar-refractivity contribution in [2.75, 3.05) is 0 Å². The Labute approximate surface area is 106 Å². The second-order valence-corrected chi connectivity index (χ2v) is 4.96. The van der Waals surface area contributed by atoms with Gasteiger partial charge in [-0.2, -0.15) is 5.26 Å². The minimum Gasteiger partial charge on any atom is -0.192 e. The monoisotopic (exact) mass is 239 g/mol. The molecule has 1 nitrogen and oxygen atoms in total. The summed E-state index contributed by atoms with van der Waals surface area (Å²) in [6.45, 7) is 2.10. The van der Waals surface area contributed by atoms with Gasteiger partial charge in [-0.15, -0.1) is 11.8 Å². The van der Waals surface area contributed by atoms with E-state index in [-0.39, 0.29) is 0 Å². The molecule has 0 aromatic heterocycles. The Morgan fingerprint density at radius 3 is 2.53 bits per heavy atom. The van der Waals surface area contributed by atoms with Crippen LogP contribution in [0.25, 0.3) is 0 Å². The van der Waals surface area contributed by atoms with Crippen LogP contribution in [-0.2, 0) is 5.75 Å². The van der Waals surface area contributed by atoms with E-state index in [1.165, 1.54) is 16.0 Å². The molecular weight excluding hydrogens is 226 g/mol. The fourth-order valence-corrected chi connectivity index (χ4v) is 2.52. The number of benzene rings is 2. The van der Waals surface area contributed by atoms with Gasteiger partial charge < -0.3 is 0 Å². The van der Waals surface area contributed by atoms with E-state index in [1.54, 1.807) is 0 Å². The van der Waals surface area contributed by atoms with Crippen molar-refractivity contribution in [3.63, 3.8) is 0 Å². The summed E-state index contributed by atoms with van der Waals surface area (Å²) in [5.41, 5.74) is 3.25. The topological polar surface area (TPSA) is 23.8 Å². The molecule has 2 heteroatoms. The van der Waals surface area contributed by atoms with Gasteiger partial charge in [-0.1, -0.05) is 29.8 Å².